The van der Waals surface area contributed by atoms with Gasteiger partial charge in [0.05, 0.1) is 27.2 Å². The molecule has 6 rings (SSSR count). The van der Waals surface area contributed by atoms with Gasteiger partial charge in [0.1, 0.15) is 35.4 Å². The van der Waals surface area contributed by atoms with Gasteiger partial charge in [-0.1, -0.05) is 75.4 Å². The molecule has 1 aliphatic rings. The van der Waals surface area contributed by atoms with Crippen LogP contribution in [0.3, 0.4) is 0 Å². The van der Waals surface area contributed by atoms with Crippen molar-refractivity contribution in [2.75, 3.05) is 26.6 Å². The molecule has 4 atom stereocenters. The molecule has 3 aromatic carbocycles. The van der Waals surface area contributed by atoms with Gasteiger partial charge in [-0.3, -0.25) is 14.3 Å². The van der Waals surface area contributed by atoms with Crippen molar-refractivity contribution in [1.29, 1.82) is 0 Å². The lowest BCUT2D eigenvalue weighted by atomic mass is 9.80. The van der Waals surface area contributed by atoms with E-state index in [0.717, 1.165) is 16.7 Å². The molecular weight excluding hydrogens is 655 g/mol. The first-order valence-electron chi connectivity index (χ1n) is 16.5. The van der Waals surface area contributed by atoms with Gasteiger partial charge in [-0.15, -0.1) is 0 Å². The van der Waals surface area contributed by atoms with Crippen LogP contribution in [0.4, 0.5) is 5.95 Å². The third-order valence-electron chi connectivity index (χ3n) is 9.91. The number of hydrogen-bond acceptors (Lipinski definition) is 10. The molecule has 0 amide bonds. The van der Waals surface area contributed by atoms with E-state index in [1.54, 1.807) is 18.8 Å². The number of imidazole rings is 1. The summed E-state index contributed by atoms with van der Waals surface area (Å²) in [5, 5.41) is 11.9. The van der Waals surface area contributed by atoms with Crippen molar-refractivity contribution in [1.82, 2.24) is 19.5 Å². The van der Waals surface area contributed by atoms with Crippen molar-refractivity contribution >= 4 is 25.4 Å². The largest absolute Gasteiger partial charge is 0.497 e. The first-order chi connectivity index (χ1) is 23.8. The fourth-order valence-corrected chi connectivity index (χ4v) is 7.42. The number of nitrogens with two attached hydrogens (primary N) is 1. The minimum atomic E-state index is -2.47. The van der Waals surface area contributed by atoms with E-state index in [9.17, 15) is 9.90 Å². The van der Waals surface area contributed by atoms with Gasteiger partial charge in [0, 0.05) is 0 Å². The molecule has 5 aromatic rings. The van der Waals surface area contributed by atoms with E-state index in [0.29, 0.717) is 11.5 Å². The van der Waals surface area contributed by atoms with E-state index in [2.05, 4.69) is 48.8 Å². The maximum atomic E-state index is 12.7. The summed E-state index contributed by atoms with van der Waals surface area (Å²) in [4.78, 5) is 23.9. The van der Waals surface area contributed by atoms with E-state index in [-0.39, 0.29) is 28.8 Å². The van der Waals surface area contributed by atoms with Crippen LogP contribution in [0.2, 0.25) is 18.1 Å². The Morgan fingerprint density at radius 2 is 1.48 bits per heavy atom. The summed E-state index contributed by atoms with van der Waals surface area (Å²) in [6.07, 6.45) is -2.23. The number of nitrogen functional groups attached to an aromatic ring is 1. The van der Waals surface area contributed by atoms with Crippen molar-refractivity contribution < 1.29 is 28.5 Å². The maximum absolute atomic E-state index is 12.7. The quantitative estimate of drug-likeness (QED) is 0.121. The number of H-pyrrole nitrogens is 1. The van der Waals surface area contributed by atoms with Crippen LogP contribution in [-0.4, -0.2) is 72.1 Å². The molecule has 0 aliphatic carbocycles. The summed E-state index contributed by atoms with van der Waals surface area (Å²) in [5.41, 5.74) is 7.20. The second kappa shape index (κ2) is 13.6. The summed E-state index contributed by atoms with van der Waals surface area (Å²) in [5.74, 6) is 1.35. The Balaban J connectivity index is 1.44. The minimum absolute atomic E-state index is 0.0369. The third kappa shape index (κ3) is 6.42. The number of methoxy groups -OCH3 is 2. The first-order valence-corrected chi connectivity index (χ1v) is 19.4. The van der Waals surface area contributed by atoms with Crippen LogP contribution in [0.25, 0.3) is 11.2 Å². The van der Waals surface area contributed by atoms with Gasteiger partial charge < -0.3 is 34.2 Å². The second-order valence-corrected chi connectivity index (χ2v) is 18.7. The zero-order valence-electron chi connectivity index (χ0n) is 29.4. The lowest BCUT2D eigenvalue weighted by molar-refractivity contribution is -0.0940. The average molecular weight is 700 g/mol. The standard InChI is InChI=1S/C37H45N5O7Si/c1-36(2,3)50(6,7)49-31-30(43)28(48-34(31)42-22-39-29-32(42)40-35(38)41-33(29)44)21-47-37(23-11-9-8-10-12-23,24-13-17-26(45-4)18-14-24)25-15-19-27(46-5)20-16-25/h8-20,22,28,30-31,34,43H,21H2,1-7H3,(H3,38,40,41,44)/t28-,30-,31-,34-/m1/s1. The molecule has 4 N–H and O–H groups in total. The number of benzene rings is 3. The lowest BCUT2D eigenvalue weighted by Gasteiger charge is -2.40. The highest BCUT2D eigenvalue weighted by molar-refractivity contribution is 6.74. The molecule has 3 heterocycles. The summed E-state index contributed by atoms with van der Waals surface area (Å²) in [6.45, 7) is 10.6. The van der Waals surface area contributed by atoms with Crippen LogP contribution in [0.5, 0.6) is 11.5 Å². The molecule has 50 heavy (non-hydrogen) atoms. The van der Waals surface area contributed by atoms with Crippen molar-refractivity contribution in [2.24, 2.45) is 0 Å². The van der Waals surface area contributed by atoms with E-state index in [4.69, 9.17) is 29.1 Å². The number of anilines is 1. The number of nitrogens with zero attached hydrogens (tertiary/aromatic N) is 3. The Hall–Kier alpha value is -4.53. The predicted molar refractivity (Wildman–Crippen MR) is 193 cm³/mol. The predicted octanol–water partition coefficient (Wildman–Crippen LogP) is 5.38. The molecule has 1 aliphatic heterocycles. The van der Waals surface area contributed by atoms with Gasteiger partial charge in [0.2, 0.25) is 5.95 Å². The number of nitrogens with one attached hydrogen (secondary N) is 1. The minimum Gasteiger partial charge on any atom is -0.497 e. The van der Waals surface area contributed by atoms with Gasteiger partial charge in [-0.05, 0) is 59.1 Å². The fourth-order valence-electron chi connectivity index (χ4n) is 6.13. The highest BCUT2D eigenvalue weighted by Gasteiger charge is 2.52. The van der Waals surface area contributed by atoms with Crippen LogP contribution in [-0.2, 0) is 19.5 Å². The van der Waals surface area contributed by atoms with Crippen LogP contribution in [0.15, 0.2) is 90.0 Å². The Bertz CT molecular complexity index is 1930. The number of aliphatic hydroxyl groups excluding tert-OH is 1. The number of fused-ring (bicyclic) bond motifs is 1. The lowest BCUT2D eigenvalue weighted by Crippen LogP contribution is -2.49. The molecular formula is C37H45N5O7Si. The van der Waals surface area contributed by atoms with Crippen LogP contribution in [0, 0.1) is 0 Å². The molecule has 13 heteroatoms. The molecule has 264 valence electrons. The number of rotatable bonds is 11. The second-order valence-electron chi connectivity index (χ2n) is 14.0. The fraction of sp³-hybridized carbons (Fsp3) is 0.378. The van der Waals surface area contributed by atoms with E-state index >= 15 is 0 Å². The van der Waals surface area contributed by atoms with Crippen molar-refractivity contribution in [3.63, 3.8) is 0 Å². The number of aromatic nitrogens is 4. The smallest absolute Gasteiger partial charge is 0.280 e. The Kier molecular flexibility index (Phi) is 9.63. The third-order valence-corrected chi connectivity index (χ3v) is 14.4. The van der Waals surface area contributed by atoms with E-state index in [1.165, 1.54) is 6.33 Å². The van der Waals surface area contributed by atoms with Crippen molar-refractivity contribution in [3.05, 3.63) is 112 Å². The van der Waals surface area contributed by atoms with Crippen molar-refractivity contribution in [2.45, 2.75) is 69.0 Å². The number of aromatic amines is 1. The molecule has 0 saturated carbocycles. The van der Waals surface area contributed by atoms with Crippen molar-refractivity contribution in [3.8, 4) is 11.5 Å². The summed E-state index contributed by atoms with van der Waals surface area (Å²) >= 11 is 0. The molecule has 0 bridgehead atoms. The van der Waals surface area contributed by atoms with E-state index < -0.39 is 44.0 Å². The van der Waals surface area contributed by atoms with Crippen LogP contribution >= 0.6 is 0 Å². The molecule has 0 radical (unpaired) electrons. The van der Waals surface area contributed by atoms with Gasteiger partial charge >= 0.3 is 0 Å². The molecule has 1 fully saturated rings. The normalized spacial score (nSPS) is 19.9. The molecule has 2 aromatic heterocycles. The monoisotopic (exact) mass is 699 g/mol. The maximum Gasteiger partial charge on any atom is 0.280 e. The molecule has 0 unspecified atom stereocenters. The van der Waals surface area contributed by atoms with Crippen LogP contribution < -0.4 is 20.8 Å². The van der Waals surface area contributed by atoms with Gasteiger partial charge in [0.25, 0.3) is 5.56 Å². The number of ether oxygens (including phenoxy) is 4. The zero-order valence-corrected chi connectivity index (χ0v) is 30.4. The van der Waals surface area contributed by atoms with Gasteiger partial charge in [0.15, 0.2) is 25.7 Å². The van der Waals surface area contributed by atoms with Gasteiger partial charge in [-0.2, -0.15) is 4.98 Å². The molecule has 12 nitrogen and oxygen atoms in total. The Morgan fingerprint density at radius 3 is 2.02 bits per heavy atom. The summed E-state index contributed by atoms with van der Waals surface area (Å²) in [7, 11) is 0.779. The summed E-state index contributed by atoms with van der Waals surface area (Å²) < 4.78 is 33.2. The topological polar surface area (TPSA) is 156 Å². The van der Waals surface area contributed by atoms with Crippen LogP contribution in [0.1, 0.15) is 43.7 Å². The Morgan fingerprint density at radius 1 is 0.920 bits per heavy atom. The van der Waals surface area contributed by atoms with E-state index in [1.807, 2.05) is 78.9 Å². The number of hydrogen-bond donors (Lipinski definition) is 3. The zero-order chi connectivity index (χ0) is 35.8. The highest BCUT2D eigenvalue weighted by atomic mass is 28.4. The highest BCUT2D eigenvalue weighted by Crippen LogP contribution is 2.45. The SMILES string of the molecule is COc1ccc(C(OC[C@H]2O[C@@H](n3cnc4c(=O)[nH]c(N)nc43)[C@H](O[Si](C)(C)C(C)(C)C)[C@@H]2O)(c2ccccc2)c2ccc(OC)cc2)cc1. The average Bonchev–Trinajstić information content (AvgIpc) is 3.65. The molecule has 0 spiro atoms. The summed E-state index contributed by atoms with van der Waals surface area (Å²) in [6, 6.07) is 25.4. The molecule has 1 saturated heterocycles. The Labute approximate surface area is 292 Å². The number of aliphatic hydroxyl groups is 1. The first kappa shape index (κ1) is 35.3. The van der Waals surface area contributed by atoms with Gasteiger partial charge in [-0.25, -0.2) is 4.98 Å².